The van der Waals surface area contributed by atoms with Crippen LogP contribution >= 0.6 is 23.4 Å². The van der Waals surface area contributed by atoms with Crippen LogP contribution in [0.1, 0.15) is 13.3 Å². The molecular formula is C11H15ClO2S. The Bertz CT molecular complexity index is 313. The van der Waals surface area contributed by atoms with Crippen molar-refractivity contribution in [3.05, 3.63) is 23.2 Å². The Morgan fingerprint density at radius 2 is 2.27 bits per heavy atom. The minimum Gasteiger partial charge on any atom is -0.495 e. The van der Waals surface area contributed by atoms with Crippen molar-refractivity contribution in [1.82, 2.24) is 0 Å². The number of hydrogen-bond acceptors (Lipinski definition) is 3. The number of aliphatic hydroxyl groups is 1. The standard InChI is InChI=1S/C11H15ClO2S/c1-3-8(7-13)15-9-4-5-11(14-2)10(12)6-9/h4-6,8,13H,3,7H2,1-2H3. The fraction of sp³-hybridized carbons (Fsp3) is 0.455. The van der Waals surface area contributed by atoms with Crippen molar-refractivity contribution in [3.8, 4) is 5.75 Å². The molecule has 0 aliphatic carbocycles. The van der Waals surface area contributed by atoms with E-state index in [1.807, 2.05) is 18.2 Å². The second-order valence-electron chi connectivity index (χ2n) is 3.13. The van der Waals surface area contributed by atoms with Gasteiger partial charge in [-0.15, -0.1) is 11.8 Å². The summed E-state index contributed by atoms with van der Waals surface area (Å²) in [5.74, 6) is 0.679. The number of rotatable bonds is 5. The number of thioether (sulfide) groups is 1. The zero-order chi connectivity index (χ0) is 11.3. The molecule has 1 aromatic carbocycles. The molecule has 4 heteroatoms. The van der Waals surface area contributed by atoms with Gasteiger partial charge in [-0.1, -0.05) is 18.5 Å². The highest BCUT2D eigenvalue weighted by molar-refractivity contribution is 8.00. The third-order valence-corrected chi connectivity index (χ3v) is 3.72. The van der Waals surface area contributed by atoms with Crippen LogP contribution in [-0.2, 0) is 0 Å². The van der Waals surface area contributed by atoms with Gasteiger partial charge in [-0.05, 0) is 24.6 Å². The topological polar surface area (TPSA) is 29.5 Å². The van der Waals surface area contributed by atoms with Gasteiger partial charge in [0.05, 0.1) is 18.7 Å². The van der Waals surface area contributed by atoms with Crippen molar-refractivity contribution in [2.24, 2.45) is 0 Å². The Hall–Kier alpha value is -0.380. The van der Waals surface area contributed by atoms with Crippen LogP contribution in [0, 0.1) is 0 Å². The molecule has 0 amide bonds. The van der Waals surface area contributed by atoms with E-state index in [1.165, 1.54) is 0 Å². The van der Waals surface area contributed by atoms with E-state index in [0.717, 1.165) is 11.3 Å². The second-order valence-corrected chi connectivity index (χ2v) is 4.91. The normalized spacial score (nSPS) is 12.5. The minimum absolute atomic E-state index is 0.185. The first-order chi connectivity index (χ1) is 7.21. The quantitative estimate of drug-likeness (QED) is 0.809. The SMILES string of the molecule is CCC(CO)Sc1ccc(OC)c(Cl)c1. The van der Waals surface area contributed by atoms with E-state index < -0.39 is 0 Å². The van der Waals surface area contributed by atoms with E-state index in [2.05, 4.69) is 6.92 Å². The van der Waals surface area contributed by atoms with Gasteiger partial charge in [-0.3, -0.25) is 0 Å². The predicted octanol–water partition coefficient (Wildman–Crippen LogP) is 3.21. The van der Waals surface area contributed by atoms with Crippen molar-refractivity contribution in [1.29, 1.82) is 0 Å². The van der Waals surface area contributed by atoms with Crippen LogP contribution in [0.15, 0.2) is 23.1 Å². The lowest BCUT2D eigenvalue weighted by molar-refractivity contribution is 0.292. The summed E-state index contributed by atoms with van der Waals surface area (Å²) in [7, 11) is 1.59. The van der Waals surface area contributed by atoms with Gasteiger partial charge < -0.3 is 9.84 Å². The molecule has 0 bridgehead atoms. The average Bonchev–Trinajstić information content (AvgIpc) is 2.26. The smallest absolute Gasteiger partial charge is 0.137 e. The summed E-state index contributed by atoms with van der Waals surface area (Å²) in [5, 5.41) is 9.92. The van der Waals surface area contributed by atoms with Crippen molar-refractivity contribution in [2.75, 3.05) is 13.7 Å². The summed E-state index contributed by atoms with van der Waals surface area (Å²) in [4.78, 5) is 1.06. The van der Waals surface area contributed by atoms with Gasteiger partial charge in [0.25, 0.3) is 0 Å². The maximum atomic E-state index is 9.08. The molecule has 0 aromatic heterocycles. The predicted molar refractivity (Wildman–Crippen MR) is 65.0 cm³/mol. The van der Waals surface area contributed by atoms with Crippen molar-refractivity contribution < 1.29 is 9.84 Å². The van der Waals surface area contributed by atoms with Gasteiger partial charge in [-0.25, -0.2) is 0 Å². The molecule has 1 aromatic rings. The van der Waals surface area contributed by atoms with Gasteiger partial charge >= 0.3 is 0 Å². The largest absolute Gasteiger partial charge is 0.495 e. The molecular weight excluding hydrogens is 232 g/mol. The van der Waals surface area contributed by atoms with Crippen LogP contribution in [0.25, 0.3) is 0 Å². The highest BCUT2D eigenvalue weighted by atomic mass is 35.5. The molecule has 0 aliphatic rings. The Morgan fingerprint density at radius 1 is 1.53 bits per heavy atom. The fourth-order valence-electron chi connectivity index (χ4n) is 1.16. The Morgan fingerprint density at radius 3 is 2.73 bits per heavy atom. The summed E-state index contributed by atoms with van der Waals surface area (Å²) < 4.78 is 5.07. The summed E-state index contributed by atoms with van der Waals surface area (Å²) >= 11 is 7.63. The van der Waals surface area contributed by atoms with Crippen LogP contribution in [-0.4, -0.2) is 24.1 Å². The monoisotopic (exact) mass is 246 g/mol. The molecule has 0 radical (unpaired) electrons. The van der Waals surface area contributed by atoms with Gasteiger partial charge in [0, 0.05) is 10.1 Å². The molecule has 0 heterocycles. The number of methoxy groups -OCH3 is 1. The van der Waals surface area contributed by atoms with E-state index >= 15 is 0 Å². The molecule has 1 unspecified atom stereocenters. The molecule has 1 atom stereocenters. The molecule has 0 saturated carbocycles. The van der Waals surface area contributed by atoms with Crippen LogP contribution in [0.2, 0.25) is 5.02 Å². The number of ether oxygens (including phenoxy) is 1. The number of aliphatic hydroxyl groups excluding tert-OH is 1. The molecule has 0 spiro atoms. The first-order valence-electron chi connectivity index (χ1n) is 4.82. The van der Waals surface area contributed by atoms with E-state index in [-0.39, 0.29) is 11.9 Å². The lowest BCUT2D eigenvalue weighted by Gasteiger charge is -2.12. The van der Waals surface area contributed by atoms with E-state index in [0.29, 0.717) is 10.8 Å². The van der Waals surface area contributed by atoms with Gasteiger partial charge in [0.15, 0.2) is 0 Å². The summed E-state index contributed by atoms with van der Waals surface area (Å²) in [6.07, 6.45) is 0.935. The summed E-state index contributed by atoms with van der Waals surface area (Å²) in [5.41, 5.74) is 0. The lowest BCUT2D eigenvalue weighted by atomic mass is 10.3. The van der Waals surface area contributed by atoms with Crippen LogP contribution in [0.5, 0.6) is 5.75 Å². The molecule has 0 fully saturated rings. The average molecular weight is 247 g/mol. The molecule has 0 aliphatic heterocycles. The third kappa shape index (κ3) is 3.59. The first-order valence-corrected chi connectivity index (χ1v) is 6.08. The van der Waals surface area contributed by atoms with Crippen LogP contribution < -0.4 is 4.74 Å². The number of halogens is 1. The van der Waals surface area contributed by atoms with Crippen molar-refractivity contribution in [2.45, 2.75) is 23.5 Å². The lowest BCUT2D eigenvalue weighted by Crippen LogP contribution is -2.05. The second kappa shape index (κ2) is 6.26. The van der Waals surface area contributed by atoms with E-state index in [1.54, 1.807) is 18.9 Å². The number of benzene rings is 1. The molecule has 1 N–H and O–H groups in total. The maximum Gasteiger partial charge on any atom is 0.137 e. The highest BCUT2D eigenvalue weighted by Gasteiger charge is 2.08. The van der Waals surface area contributed by atoms with Gasteiger partial charge in [-0.2, -0.15) is 0 Å². The van der Waals surface area contributed by atoms with Crippen LogP contribution in [0.4, 0.5) is 0 Å². The Labute approximate surface area is 99.6 Å². The third-order valence-electron chi connectivity index (χ3n) is 2.08. The Balaban J connectivity index is 2.74. The zero-order valence-corrected chi connectivity index (χ0v) is 10.4. The molecule has 1 rings (SSSR count). The minimum atomic E-state index is 0.185. The maximum absolute atomic E-state index is 9.08. The highest BCUT2D eigenvalue weighted by Crippen LogP contribution is 2.32. The van der Waals surface area contributed by atoms with Crippen LogP contribution in [0.3, 0.4) is 0 Å². The number of hydrogen-bond donors (Lipinski definition) is 1. The van der Waals surface area contributed by atoms with E-state index in [9.17, 15) is 0 Å². The fourth-order valence-corrected chi connectivity index (χ4v) is 2.44. The van der Waals surface area contributed by atoms with Crippen molar-refractivity contribution >= 4 is 23.4 Å². The van der Waals surface area contributed by atoms with Crippen molar-refractivity contribution in [3.63, 3.8) is 0 Å². The zero-order valence-electron chi connectivity index (χ0n) is 8.87. The summed E-state index contributed by atoms with van der Waals surface area (Å²) in [6.45, 7) is 2.24. The molecule has 84 valence electrons. The molecule has 15 heavy (non-hydrogen) atoms. The van der Waals surface area contributed by atoms with Gasteiger partial charge in [0.1, 0.15) is 5.75 Å². The Kier molecular flexibility index (Phi) is 5.29. The first kappa shape index (κ1) is 12.7. The summed E-state index contributed by atoms with van der Waals surface area (Å²) in [6, 6.07) is 5.66. The van der Waals surface area contributed by atoms with E-state index in [4.69, 9.17) is 21.4 Å². The molecule has 0 saturated heterocycles. The van der Waals surface area contributed by atoms with Gasteiger partial charge in [0.2, 0.25) is 0 Å². The molecule has 2 nitrogen and oxygen atoms in total.